The summed E-state index contributed by atoms with van der Waals surface area (Å²) >= 11 is 1.14. The van der Waals surface area contributed by atoms with Crippen molar-refractivity contribution in [2.45, 2.75) is 38.0 Å². The van der Waals surface area contributed by atoms with Gasteiger partial charge in [0.25, 0.3) is 0 Å². The second kappa shape index (κ2) is 8.19. The Bertz CT molecular complexity index is 720. The average molecular weight is 375 g/mol. The van der Waals surface area contributed by atoms with Gasteiger partial charge in [-0.2, -0.15) is 0 Å². The molecule has 25 heavy (non-hydrogen) atoms. The Labute approximate surface area is 145 Å². The number of rotatable bonds is 7. The van der Waals surface area contributed by atoms with Crippen LogP contribution in [0.25, 0.3) is 0 Å². The van der Waals surface area contributed by atoms with Crippen LogP contribution in [0.4, 0.5) is 13.2 Å². The smallest absolute Gasteiger partial charge is 0.405 e. The van der Waals surface area contributed by atoms with E-state index in [1.54, 1.807) is 10.7 Å². The fourth-order valence-electron chi connectivity index (χ4n) is 1.85. The van der Waals surface area contributed by atoms with Gasteiger partial charge < -0.3 is 10.1 Å². The SMILES string of the molecule is CC(C)n1nnnc1SCC(=O)NCc1ccccc1OC(F)(F)F. The quantitative estimate of drug-likeness (QED) is 0.749. The first-order valence-corrected chi connectivity index (χ1v) is 8.26. The number of carbonyl (C=O) groups is 1. The van der Waals surface area contributed by atoms with Gasteiger partial charge in [-0.1, -0.05) is 30.0 Å². The van der Waals surface area contributed by atoms with Gasteiger partial charge >= 0.3 is 6.36 Å². The van der Waals surface area contributed by atoms with E-state index in [0.717, 1.165) is 11.8 Å². The molecule has 0 bridgehead atoms. The van der Waals surface area contributed by atoms with E-state index in [1.165, 1.54) is 18.2 Å². The van der Waals surface area contributed by atoms with Crippen LogP contribution >= 0.6 is 11.8 Å². The number of nitrogens with zero attached hydrogens (tertiary/aromatic N) is 4. The van der Waals surface area contributed by atoms with E-state index in [2.05, 4.69) is 25.6 Å². The Morgan fingerprint density at radius 1 is 1.36 bits per heavy atom. The zero-order valence-electron chi connectivity index (χ0n) is 13.4. The number of benzene rings is 1. The number of carbonyl (C=O) groups excluding carboxylic acids is 1. The van der Waals surface area contributed by atoms with Crippen molar-refractivity contribution in [3.8, 4) is 5.75 Å². The van der Waals surface area contributed by atoms with Crippen LogP contribution < -0.4 is 10.1 Å². The number of tetrazole rings is 1. The van der Waals surface area contributed by atoms with Crippen LogP contribution in [-0.2, 0) is 11.3 Å². The molecule has 11 heteroatoms. The molecule has 1 amide bonds. The topological polar surface area (TPSA) is 81.9 Å². The molecule has 0 aliphatic rings. The summed E-state index contributed by atoms with van der Waals surface area (Å²) in [6.45, 7) is 3.72. The molecule has 0 saturated carbocycles. The summed E-state index contributed by atoms with van der Waals surface area (Å²) in [7, 11) is 0. The lowest BCUT2D eigenvalue weighted by Crippen LogP contribution is -2.26. The zero-order valence-corrected chi connectivity index (χ0v) is 14.3. The highest BCUT2D eigenvalue weighted by atomic mass is 32.2. The number of aromatic nitrogens is 4. The first kappa shape index (κ1) is 19.0. The average Bonchev–Trinajstić information content (AvgIpc) is 2.99. The third kappa shape index (κ3) is 5.93. The van der Waals surface area contributed by atoms with Gasteiger partial charge in [0, 0.05) is 12.1 Å². The summed E-state index contributed by atoms with van der Waals surface area (Å²) in [6.07, 6.45) is -4.79. The van der Waals surface area contributed by atoms with Crippen LogP contribution in [0, 0.1) is 0 Å². The molecular weight excluding hydrogens is 359 g/mol. The fourth-order valence-corrected chi connectivity index (χ4v) is 2.69. The highest BCUT2D eigenvalue weighted by Gasteiger charge is 2.31. The number of alkyl halides is 3. The Kier molecular flexibility index (Phi) is 6.23. The summed E-state index contributed by atoms with van der Waals surface area (Å²) in [5, 5.41) is 14.2. The molecule has 0 spiro atoms. The molecule has 1 heterocycles. The highest BCUT2D eigenvalue weighted by molar-refractivity contribution is 7.99. The molecule has 1 aromatic carbocycles. The number of halogens is 3. The van der Waals surface area contributed by atoms with E-state index >= 15 is 0 Å². The summed E-state index contributed by atoms with van der Waals surface area (Å²) in [5.41, 5.74) is 0.227. The van der Waals surface area contributed by atoms with Gasteiger partial charge in [0.2, 0.25) is 11.1 Å². The molecule has 1 aromatic heterocycles. The summed E-state index contributed by atoms with van der Waals surface area (Å²) in [4.78, 5) is 11.9. The van der Waals surface area contributed by atoms with Gasteiger partial charge in [0.1, 0.15) is 5.75 Å². The number of hydrogen-bond donors (Lipinski definition) is 1. The Hall–Kier alpha value is -2.30. The van der Waals surface area contributed by atoms with Crippen LogP contribution in [-0.4, -0.2) is 38.2 Å². The van der Waals surface area contributed by atoms with Crippen molar-refractivity contribution >= 4 is 17.7 Å². The summed E-state index contributed by atoms with van der Waals surface area (Å²) < 4.78 is 42.6. The minimum atomic E-state index is -4.79. The van der Waals surface area contributed by atoms with Gasteiger partial charge in [0.15, 0.2) is 0 Å². The summed E-state index contributed by atoms with van der Waals surface area (Å²) in [6, 6.07) is 5.69. The second-order valence-electron chi connectivity index (χ2n) is 5.22. The van der Waals surface area contributed by atoms with Gasteiger partial charge in [-0.3, -0.25) is 4.79 Å². The van der Waals surface area contributed by atoms with E-state index < -0.39 is 6.36 Å². The lowest BCUT2D eigenvalue weighted by molar-refractivity contribution is -0.274. The minimum absolute atomic E-state index is 0.0371. The molecule has 0 atom stereocenters. The zero-order chi connectivity index (χ0) is 18.4. The number of ether oxygens (including phenoxy) is 1. The number of hydrogen-bond acceptors (Lipinski definition) is 6. The number of amides is 1. The molecule has 0 aliphatic carbocycles. The number of thioether (sulfide) groups is 1. The molecule has 136 valence electrons. The predicted molar refractivity (Wildman–Crippen MR) is 83.9 cm³/mol. The van der Waals surface area contributed by atoms with Crippen LogP contribution in [0.5, 0.6) is 5.75 Å². The maximum absolute atomic E-state index is 12.4. The molecule has 0 fully saturated rings. The van der Waals surface area contributed by atoms with Crippen molar-refractivity contribution in [2.75, 3.05) is 5.75 Å². The first-order valence-electron chi connectivity index (χ1n) is 7.27. The molecular formula is C14H16F3N5O2S. The van der Waals surface area contributed by atoms with Crippen molar-refractivity contribution in [3.05, 3.63) is 29.8 Å². The molecule has 7 nitrogen and oxygen atoms in total. The third-order valence-electron chi connectivity index (χ3n) is 2.96. The molecule has 2 rings (SSSR count). The third-order valence-corrected chi connectivity index (χ3v) is 3.89. The molecule has 0 unspecified atom stereocenters. The van der Waals surface area contributed by atoms with Crippen molar-refractivity contribution in [1.82, 2.24) is 25.5 Å². The van der Waals surface area contributed by atoms with Crippen molar-refractivity contribution in [2.24, 2.45) is 0 Å². The lowest BCUT2D eigenvalue weighted by Gasteiger charge is -2.13. The predicted octanol–water partition coefficient (Wildman–Crippen LogP) is 2.56. The van der Waals surface area contributed by atoms with Gasteiger partial charge in [-0.25, -0.2) is 4.68 Å². The first-order chi connectivity index (χ1) is 11.8. The molecule has 2 aromatic rings. The maximum atomic E-state index is 12.4. The molecule has 0 radical (unpaired) electrons. The van der Waals surface area contributed by atoms with Crippen LogP contribution in [0.3, 0.4) is 0 Å². The lowest BCUT2D eigenvalue weighted by atomic mass is 10.2. The molecule has 0 aliphatic heterocycles. The fraction of sp³-hybridized carbons (Fsp3) is 0.429. The van der Waals surface area contributed by atoms with E-state index in [0.29, 0.717) is 5.16 Å². The maximum Gasteiger partial charge on any atom is 0.573 e. The van der Waals surface area contributed by atoms with Crippen molar-refractivity contribution < 1.29 is 22.7 Å². The second-order valence-corrected chi connectivity index (χ2v) is 6.16. The van der Waals surface area contributed by atoms with Crippen molar-refractivity contribution in [1.29, 1.82) is 0 Å². The number of nitrogens with one attached hydrogen (secondary N) is 1. The van der Waals surface area contributed by atoms with Gasteiger partial charge in [-0.15, -0.1) is 18.3 Å². The normalized spacial score (nSPS) is 11.6. The van der Waals surface area contributed by atoms with Crippen LogP contribution in [0.2, 0.25) is 0 Å². The van der Waals surface area contributed by atoms with E-state index in [1.807, 2.05) is 13.8 Å². The van der Waals surface area contributed by atoms with Crippen LogP contribution in [0.1, 0.15) is 25.5 Å². The largest absolute Gasteiger partial charge is 0.573 e. The Morgan fingerprint density at radius 3 is 2.76 bits per heavy atom. The highest BCUT2D eigenvalue weighted by Crippen LogP contribution is 2.26. The monoisotopic (exact) mass is 375 g/mol. The Balaban J connectivity index is 1.89. The standard InChI is InChI=1S/C14H16F3N5O2S/c1-9(2)22-13(19-20-21-22)25-8-12(23)18-7-10-5-3-4-6-11(10)24-14(15,16)17/h3-6,9H,7-8H2,1-2H3,(H,18,23). The van der Waals surface area contributed by atoms with Gasteiger partial charge in [0.05, 0.1) is 11.8 Å². The van der Waals surface area contributed by atoms with Crippen LogP contribution in [0.15, 0.2) is 29.4 Å². The molecule has 1 N–H and O–H groups in total. The van der Waals surface area contributed by atoms with Gasteiger partial charge in [-0.05, 0) is 30.3 Å². The molecule has 0 saturated heterocycles. The van der Waals surface area contributed by atoms with E-state index in [4.69, 9.17) is 0 Å². The van der Waals surface area contributed by atoms with E-state index in [-0.39, 0.29) is 35.6 Å². The van der Waals surface area contributed by atoms with Crippen molar-refractivity contribution in [3.63, 3.8) is 0 Å². The Morgan fingerprint density at radius 2 is 2.08 bits per heavy atom. The minimum Gasteiger partial charge on any atom is -0.405 e. The summed E-state index contributed by atoms with van der Waals surface area (Å²) in [5.74, 6) is -0.660. The number of para-hydroxylation sites is 1. The van der Waals surface area contributed by atoms with E-state index in [9.17, 15) is 18.0 Å².